The smallest absolute Gasteiger partial charge is 0.334 e. The third-order valence-corrected chi connectivity index (χ3v) is 4.24. The Bertz CT molecular complexity index is 1070. The van der Waals surface area contributed by atoms with Gasteiger partial charge in [0.2, 0.25) is 17.5 Å². The summed E-state index contributed by atoms with van der Waals surface area (Å²) >= 11 is 0. The first-order valence-corrected chi connectivity index (χ1v) is 8.82. The summed E-state index contributed by atoms with van der Waals surface area (Å²) in [7, 11) is 0. The van der Waals surface area contributed by atoms with Gasteiger partial charge in [-0.2, -0.15) is 0 Å². The lowest BCUT2D eigenvalue weighted by Gasteiger charge is -2.11. The van der Waals surface area contributed by atoms with E-state index in [0.29, 0.717) is 17.1 Å². The number of hydrogen-bond acceptors (Lipinski definition) is 7. The first-order valence-electron chi connectivity index (χ1n) is 8.82. The molecule has 9 nitrogen and oxygen atoms in total. The number of aryl methyl sites for hydroxylation is 2. The minimum atomic E-state index is -0.530. The van der Waals surface area contributed by atoms with Crippen LogP contribution in [-0.2, 0) is 4.79 Å². The minimum absolute atomic E-state index is 0.0589. The molecule has 0 aliphatic rings. The summed E-state index contributed by atoms with van der Waals surface area (Å²) in [6.07, 6.45) is 1.25. The summed E-state index contributed by atoms with van der Waals surface area (Å²) < 4.78 is 0. The van der Waals surface area contributed by atoms with Crippen molar-refractivity contribution < 1.29 is 9.72 Å². The monoisotopic (exact) mass is 392 g/mol. The van der Waals surface area contributed by atoms with Crippen molar-refractivity contribution in [3.8, 4) is 0 Å². The van der Waals surface area contributed by atoms with Crippen LogP contribution in [0.2, 0.25) is 0 Å². The van der Waals surface area contributed by atoms with Crippen molar-refractivity contribution >= 4 is 40.3 Å². The number of hydrogen-bond donors (Lipinski definition) is 3. The highest BCUT2D eigenvalue weighted by molar-refractivity contribution is 5.89. The first kappa shape index (κ1) is 19.7. The molecule has 0 aliphatic heterocycles. The van der Waals surface area contributed by atoms with Crippen molar-refractivity contribution in [3.05, 3.63) is 70.0 Å². The van der Waals surface area contributed by atoms with Crippen molar-refractivity contribution in [2.75, 3.05) is 16.0 Å². The molecule has 0 atom stereocenters. The Morgan fingerprint density at radius 2 is 1.45 bits per heavy atom. The standard InChI is InChI=1S/C20H20N6O3/c1-12-4-5-17(10-13(12)2)25-20-18(26(28)29)19(21-11-22-20)24-16-8-6-15(7-9-16)23-14(3)27/h4-11H,1-3H3,(H,23,27)(H2,21,22,24,25). The lowest BCUT2D eigenvalue weighted by atomic mass is 10.1. The lowest BCUT2D eigenvalue weighted by molar-refractivity contribution is -0.383. The van der Waals surface area contributed by atoms with E-state index in [1.165, 1.54) is 13.3 Å². The van der Waals surface area contributed by atoms with Gasteiger partial charge in [0, 0.05) is 24.0 Å². The molecule has 0 spiro atoms. The molecular formula is C20H20N6O3. The van der Waals surface area contributed by atoms with E-state index in [9.17, 15) is 14.9 Å². The van der Waals surface area contributed by atoms with E-state index in [2.05, 4.69) is 25.9 Å². The van der Waals surface area contributed by atoms with Crippen LogP contribution in [0.1, 0.15) is 18.1 Å². The van der Waals surface area contributed by atoms with Gasteiger partial charge < -0.3 is 16.0 Å². The molecule has 0 fully saturated rings. The fourth-order valence-electron chi connectivity index (χ4n) is 2.67. The lowest BCUT2D eigenvalue weighted by Crippen LogP contribution is -2.06. The summed E-state index contributed by atoms with van der Waals surface area (Å²) in [6, 6.07) is 12.4. The number of amides is 1. The summed E-state index contributed by atoms with van der Waals surface area (Å²) in [4.78, 5) is 30.4. The van der Waals surface area contributed by atoms with Crippen LogP contribution in [0, 0.1) is 24.0 Å². The van der Waals surface area contributed by atoms with Crippen LogP contribution in [0.15, 0.2) is 48.8 Å². The van der Waals surface area contributed by atoms with Crippen molar-refractivity contribution in [2.24, 2.45) is 0 Å². The van der Waals surface area contributed by atoms with Crippen LogP contribution in [0.4, 0.5) is 34.4 Å². The summed E-state index contributed by atoms with van der Waals surface area (Å²) in [5, 5.41) is 20.3. The fourth-order valence-corrected chi connectivity index (χ4v) is 2.67. The molecule has 1 amide bonds. The molecule has 0 aliphatic carbocycles. The van der Waals surface area contributed by atoms with Gasteiger partial charge in [-0.15, -0.1) is 0 Å². The average Bonchev–Trinajstić information content (AvgIpc) is 2.66. The Kier molecular flexibility index (Phi) is 5.68. The van der Waals surface area contributed by atoms with Gasteiger partial charge in [-0.05, 0) is 61.4 Å². The van der Waals surface area contributed by atoms with E-state index in [-0.39, 0.29) is 23.2 Å². The van der Waals surface area contributed by atoms with Crippen LogP contribution < -0.4 is 16.0 Å². The molecule has 0 radical (unpaired) electrons. The normalized spacial score (nSPS) is 10.3. The molecule has 9 heteroatoms. The van der Waals surface area contributed by atoms with E-state index in [1.54, 1.807) is 24.3 Å². The zero-order chi connectivity index (χ0) is 21.0. The Morgan fingerprint density at radius 1 is 0.897 bits per heavy atom. The van der Waals surface area contributed by atoms with Crippen LogP contribution in [0.3, 0.4) is 0 Å². The number of nitrogens with one attached hydrogen (secondary N) is 3. The number of aromatic nitrogens is 2. The maximum atomic E-state index is 11.7. The largest absolute Gasteiger partial charge is 0.353 e. The van der Waals surface area contributed by atoms with Gasteiger partial charge in [-0.3, -0.25) is 14.9 Å². The van der Waals surface area contributed by atoms with Crippen molar-refractivity contribution in [2.45, 2.75) is 20.8 Å². The number of carbonyl (C=O) groups excluding carboxylic acids is 1. The molecule has 0 bridgehead atoms. The fraction of sp³-hybridized carbons (Fsp3) is 0.150. The molecular weight excluding hydrogens is 372 g/mol. The zero-order valence-corrected chi connectivity index (χ0v) is 16.2. The highest BCUT2D eigenvalue weighted by Crippen LogP contribution is 2.33. The van der Waals surface area contributed by atoms with E-state index >= 15 is 0 Å². The molecule has 1 aromatic heterocycles. The predicted molar refractivity (Wildman–Crippen MR) is 112 cm³/mol. The third-order valence-electron chi connectivity index (χ3n) is 4.24. The number of rotatable bonds is 6. The molecule has 148 valence electrons. The summed E-state index contributed by atoms with van der Waals surface area (Å²) in [6.45, 7) is 5.37. The number of benzene rings is 2. The Morgan fingerprint density at radius 3 is 2.00 bits per heavy atom. The Labute approximate surface area is 167 Å². The molecule has 0 saturated heterocycles. The molecule has 2 aromatic carbocycles. The van der Waals surface area contributed by atoms with E-state index in [1.807, 2.05) is 32.0 Å². The number of nitro groups is 1. The Balaban J connectivity index is 1.89. The predicted octanol–water partition coefficient (Wildman–Crippen LogP) is 4.45. The molecule has 29 heavy (non-hydrogen) atoms. The van der Waals surface area contributed by atoms with Crippen LogP contribution in [0.5, 0.6) is 0 Å². The molecule has 3 rings (SSSR count). The first-order chi connectivity index (χ1) is 13.8. The van der Waals surface area contributed by atoms with Gasteiger partial charge in [0.05, 0.1) is 4.92 Å². The SMILES string of the molecule is CC(=O)Nc1ccc(Nc2ncnc(Nc3ccc(C)c(C)c3)c2[N+](=O)[O-])cc1. The van der Waals surface area contributed by atoms with Gasteiger partial charge in [-0.25, -0.2) is 9.97 Å². The van der Waals surface area contributed by atoms with Crippen molar-refractivity contribution in [3.63, 3.8) is 0 Å². The number of nitrogens with zero attached hydrogens (tertiary/aromatic N) is 3. The maximum Gasteiger partial charge on any atom is 0.353 e. The molecule has 3 aromatic rings. The summed E-state index contributed by atoms with van der Waals surface area (Å²) in [5.41, 5.74) is 3.81. The molecule has 1 heterocycles. The zero-order valence-electron chi connectivity index (χ0n) is 16.2. The summed E-state index contributed by atoms with van der Waals surface area (Å²) in [5.74, 6) is -0.0339. The number of carbonyl (C=O) groups is 1. The molecule has 0 unspecified atom stereocenters. The van der Waals surface area contributed by atoms with Gasteiger partial charge in [-0.1, -0.05) is 6.07 Å². The second kappa shape index (κ2) is 8.34. The minimum Gasteiger partial charge on any atom is -0.334 e. The molecule has 0 saturated carbocycles. The highest BCUT2D eigenvalue weighted by atomic mass is 16.6. The van der Waals surface area contributed by atoms with E-state index < -0.39 is 4.92 Å². The third kappa shape index (κ3) is 4.83. The van der Waals surface area contributed by atoms with Gasteiger partial charge >= 0.3 is 5.69 Å². The average molecular weight is 392 g/mol. The highest BCUT2D eigenvalue weighted by Gasteiger charge is 2.23. The van der Waals surface area contributed by atoms with Crippen molar-refractivity contribution in [1.29, 1.82) is 0 Å². The van der Waals surface area contributed by atoms with Gasteiger partial charge in [0.1, 0.15) is 6.33 Å². The Hall–Kier alpha value is -4.01. The molecule has 3 N–H and O–H groups in total. The van der Waals surface area contributed by atoms with Crippen LogP contribution in [0.25, 0.3) is 0 Å². The van der Waals surface area contributed by atoms with Gasteiger partial charge in [0.25, 0.3) is 0 Å². The van der Waals surface area contributed by atoms with E-state index in [0.717, 1.165) is 11.1 Å². The topological polar surface area (TPSA) is 122 Å². The maximum absolute atomic E-state index is 11.7. The second-order valence-corrected chi connectivity index (χ2v) is 6.48. The second-order valence-electron chi connectivity index (χ2n) is 6.48. The van der Waals surface area contributed by atoms with E-state index in [4.69, 9.17) is 0 Å². The van der Waals surface area contributed by atoms with Crippen molar-refractivity contribution in [1.82, 2.24) is 9.97 Å². The number of anilines is 5. The van der Waals surface area contributed by atoms with Crippen LogP contribution >= 0.6 is 0 Å². The quantitative estimate of drug-likeness (QED) is 0.418. The van der Waals surface area contributed by atoms with Gasteiger partial charge in [0.15, 0.2) is 0 Å². The van der Waals surface area contributed by atoms with Crippen LogP contribution in [-0.4, -0.2) is 20.8 Å².